The summed E-state index contributed by atoms with van der Waals surface area (Å²) in [5.41, 5.74) is -0.488. The Balaban J connectivity index is 2.25. The standard InChI is InChI=1S/C14H15FN2O4S/c1-21-14(18)10-5-7-17(8-6-10)22(19,20)13-4-2-3-12(15)11(13)9-16/h2-4,10H,5-8H2,1H3. The van der Waals surface area contributed by atoms with Crippen LogP contribution in [0.4, 0.5) is 4.39 Å². The van der Waals surface area contributed by atoms with Gasteiger partial charge in [0.15, 0.2) is 0 Å². The second kappa shape index (κ2) is 6.42. The molecule has 1 heterocycles. The van der Waals surface area contributed by atoms with E-state index in [4.69, 9.17) is 5.26 Å². The number of methoxy groups -OCH3 is 1. The van der Waals surface area contributed by atoms with Crippen molar-refractivity contribution in [3.63, 3.8) is 0 Å². The summed E-state index contributed by atoms with van der Waals surface area (Å²) in [6.07, 6.45) is 0.673. The number of carbonyl (C=O) groups is 1. The molecule has 0 aromatic heterocycles. The molecular weight excluding hydrogens is 311 g/mol. The number of hydrogen-bond acceptors (Lipinski definition) is 5. The quantitative estimate of drug-likeness (QED) is 0.781. The lowest BCUT2D eigenvalue weighted by Crippen LogP contribution is -2.40. The van der Waals surface area contributed by atoms with E-state index in [0.717, 1.165) is 6.07 Å². The van der Waals surface area contributed by atoms with Crippen LogP contribution >= 0.6 is 0 Å². The van der Waals surface area contributed by atoms with Crippen LogP contribution in [0, 0.1) is 23.1 Å². The molecule has 0 aliphatic carbocycles. The fourth-order valence-electron chi connectivity index (χ4n) is 2.47. The predicted molar refractivity (Wildman–Crippen MR) is 74.6 cm³/mol. The van der Waals surface area contributed by atoms with Crippen LogP contribution in [0.5, 0.6) is 0 Å². The van der Waals surface area contributed by atoms with Gasteiger partial charge in [0.1, 0.15) is 22.3 Å². The van der Waals surface area contributed by atoms with Crippen molar-refractivity contribution in [2.75, 3.05) is 20.2 Å². The molecule has 0 spiro atoms. The van der Waals surface area contributed by atoms with E-state index >= 15 is 0 Å². The molecular formula is C14H15FN2O4S. The molecule has 1 aromatic rings. The van der Waals surface area contributed by atoms with Gasteiger partial charge in [0.05, 0.1) is 13.0 Å². The van der Waals surface area contributed by atoms with E-state index in [2.05, 4.69) is 4.74 Å². The van der Waals surface area contributed by atoms with Crippen molar-refractivity contribution in [2.45, 2.75) is 17.7 Å². The zero-order valence-corrected chi connectivity index (χ0v) is 12.8. The molecule has 0 atom stereocenters. The first kappa shape index (κ1) is 16.4. The summed E-state index contributed by atoms with van der Waals surface area (Å²) in [4.78, 5) is 11.1. The van der Waals surface area contributed by atoms with Crippen LogP contribution in [-0.4, -0.2) is 38.9 Å². The minimum absolute atomic E-state index is 0.128. The number of rotatable bonds is 3. The summed E-state index contributed by atoms with van der Waals surface area (Å²) in [6, 6.07) is 5.10. The average molecular weight is 326 g/mol. The van der Waals surface area contributed by atoms with Gasteiger partial charge in [-0.05, 0) is 25.0 Å². The van der Waals surface area contributed by atoms with E-state index in [1.54, 1.807) is 6.07 Å². The largest absolute Gasteiger partial charge is 0.469 e. The van der Waals surface area contributed by atoms with Gasteiger partial charge < -0.3 is 4.74 Å². The van der Waals surface area contributed by atoms with Crippen molar-refractivity contribution in [3.05, 3.63) is 29.6 Å². The van der Waals surface area contributed by atoms with Crippen molar-refractivity contribution < 1.29 is 22.3 Å². The highest BCUT2D eigenvalue weighted by molar-refractivity contribution is 7.89. The molecule has 0 saturated carbocycles. The molecule has 0 radical (unpaired) electrons. The Bertz CT molecular complexity index is 719. The van der Waals surface area contributed by atoms with Crippen LogP contribution in [0.15, 0.2) is 23.1 Å². The Labute approximate surface area is 128 Å². The van der Waals surface area contributed by atoms with E-state index < -0.39 is 21.4 Å². The van der Waals surface area contributed by atoms with Crippen LogP contribution in [0.3, 0.4) is 0 Å². The molecule has 22 heavy (non-hydrogen) atoms. The fourth-order valence-corrected chi connectivity index (χ4v) is 4.09. The van der Waals surface area contributed by atoms with Gasteiger partial charge >= 0.3 is 5.97 Å². The third-order valence-electron chi connectivity index (χ3n) is 3.69. The molecule has 1 aliphatic heterocycles. The second-order valence-electron chi connectivity index (χ2n) is 4.93. The number of nitrogens with zero attached hydrogens (tertiary/aromatic N) is 2. The van der Waals surface area contributed by atoms with Gasteiger partial charge in [-0.3, -0.25) is 4.79 Å². The van der Waals surface area contributed by atoms with Crippen molar-refractivity contribution in [1.82, 2.24) is 4.31 Å². The summed E-state index contributed by atoms with van der Waals surface area (Å²) in [6.45, 7) is 0.257. The summed E-state index contributed by atoms with van der Waals surface area (Å²) in [7, 11) is -2.68. The first-order valence-corrected chi connectivity index (χ1v) is 8.12. The van der Waals surface area contributed by atoms with E-state index in [0.29, 0.717) is 12.8 Å². The molecule has 0 N–H and O–H groups in total. The van der Waals surface area contributed by atoms with Crippen LogP contribution in [0.1, 0.15) is 18.4 Å². The average Bonchev–Trinajstić information content (AvgIpc) is 2.54. The third-order valence-corrected chi connectivity index (χ3v) is 5.63. The van der Waals surface area contributed by atoms with E-state index in [1.807, 2.05) is 0 Å². The van der Waals surface area contributed by atoms with E-state index in [9.17, 15) is 17.6 Å². The predicted octanol–water partition coefficient (Wildman–Crippen LogP) is 1.27. The Morgan fingerprint density at radius 1 is 1.41 bits per heavy atom. The Morgan fingerprint density at radius 3 is 2.59 bits per heavy atom. The SMILES string of the molecule is COC(=O)C1CCN(S(=O)(=O)c2cccc(F)c2C#N)CC1. The zero-order chi connectivity index (χ0) is 16.3. The highest BCUT2D eigenvalue weighted by Gasteiger charge is 2.34. The Hall–Kier alpha value is -1.98. The van der Waals surface area contributed by atoms with Crippen molar-refractivity contribution in [2.24, 2.45) is 5.92 Å². The fraction of sp³-hybridized carbons (Fsp3) is 0.429. The monoisotopic (exact) mass is 326 g/mol. The van der Waals surface area contributed by atoms with Gasteiger partial charge in [0, 0.05) is 13.1 Å². The zero-order valence-electron chi connectivity index (χ0n) is 12.0. The minimum atomic E-state index is -3.96. The van der Waals surface area contributed by atoms with Crippen molar-refractivity contribution in [3.8, 4) is 6.07 Å². The Morgan fingerprint density at radius 2 is 2.05 bits per heavy atom. The highest BCUT2D eigenvalue weighted by Crippen LogP contribution is 2.27. The third kappa shape index (κ3) is 2.96. The molecule has 1 aromatic carbocycles. The first-order valence-electron chi connectivity index (χ1n) is 6.68. The Kier molecular flexibility index (Phi) is 4.78. The summed E-state index contributed by atoms with van der Waals surface area (Å²) in [5, 5.41) is 8.97. The van der Waals surface area contributed by atoms with Gasteiger partial charge in [-0.1, -0.05) is 6.07 Å². The molecule has 118 valence electrons. The molecule has 2 rings (SSSR count). The summed E-state index contributed by atoms with van der Waals surface area (Å²) >= 11 is 0. The number of esters is 1. The van der Waals surface area contributed by atoms with Gasteiger partial charge in [-0.15, -0.1) is 0 Å². The molecule has 0 amide bonds. The molecule has 1 saturated heterocycles. The maximum absolute atomic E-state index is 13.6. The molecule has 0 bridgehead atoms. The molecule has 1 aliphatic rings. The van der Waals surface area contributed by atoms with Crippen molar-refractivity contribution in [1.29, 1.82) is 5.26 Å². The number of nitriles is 1. The lowest BCUT2D eigenvalue weighted by Gasteiger charge is -2.30. The van der Waals surface area contributed by atoms with Crippen LogP contribution in [-0.2, 0) is 19.6 Å². The van der Waals surface area contributed by atoms with Crippen LogP contribution in [0.2, 0.25) is 0 Å². The smallest absolute Gasteiger partial charge is 0.308 e. The number of carbonyl (C=O) groups excluding carboxylic acids is 1. The lowest BCUT2D eigenvalue weighted by atomic mass is 9.99. The maximum Gasteiger partial charge on any atom is 0.308 e. The van der Waals surface area contributed by atoms with Gasteiger partial charge in [0.2, 0.25) is 10.0 Å². The first-order chi connectivity index (χ1) is 10.4. The van der Waals surface area contributed by atoms with E-state index in [1.165, 1.54) is 23.5 Å². The second-order valence-corrected chi connectivity index (χ2v) is 6.83. The topological polar surface area (TPSA) is 87.5 Å². The van der Waals surface area contributed by atoms with Crippen LogP contribution in [0.25, 0.3) is 0 Å². The van der Waals surface area contributed by atoms with Gasteiger partial charge in [0.25, 0.3) is 0 Å². The molecule has 0 unspecified atom stereocenters. The summed E-state index contributed by atoms with van der Waals surface area (Å²) in [5.74, 6) is -1.56. The normalized spacial score (nSPS) is 17.0. The lowest BCUT2D eigenvalue weighted by molar-refractivity contribution is -0.146. The number of hydrogen-bond donors (Lipinski definition) is 0. The number of benzene rings is 1. The minimum Gasteiger partial charge on any atom is -0.469 e. The van der Waals surface area contributed by atoms with Gasteiger partial charge in [-0.2, -0.15) is 9.57 Å². The van der Waals surface area contributed by atoms with Gasteiger partial charge in [-0.25, -0.2) is 12.8 Å². The van der Waals surface area contributed by atoms with E-state index in [-0.39, 0.29) is 29.9 Å². The molecule has 6 nitrogen and oxygen atoms in total. The van der Waals surface area contributed by atoms with Crippen LogP contribution < -0.4 is 0 Å². The number of sulfonamides is 1. The number of ether oxygens (including phenoxy) is 1. The van der Waals surface area contributed by atoms with Crippen molar-refractivity contribution >= 4 is 16.0 Å². The molecule has 1 fully saturated rings. The summed E-state index contributed by atoms with van der Waals surface area (Å²) < 4.78 is 44.5. The maximum atomic E-state index is 13.6. The number of piperidine rings is 1. The number of halogens is 1. The highest BCUT2D eigenvalue weighted by atomic mass is 32.2. The molecule has 8 heteroatoms.